The van der Waals surface area contributed by atoms with Gasteiger partial charge in [0.15, 0.2) is 0 Å². The Morgan fingerprint density at radius 1 is 1.14 bits per heavy atom. The van der Waals surface area contributed by atoms with Gasteiger partial charge >= 0.3 is 6.18 Å². The SMILES string of the molecule is O=C(CN1C(=O)CSc2ccccc21)N1CCN(CCCOCC(F)(F)F)CC1. The van der Waals surface area contributed by atoms with Crippen molar-refractivity contribution in [3.8, 4) is 0 Å². The van der Waals surface area contributed by atoms with Crippen molar-refractivity contribution >= 4 is 29.3 Å². The van der Waals surface area contributed by atoms with Crippen molar-refractivity contribution < 1.29 is 27.5 Å². The third-order valence-corrected chi connectivity index (χ3v) is 5.90. The fraction of sp³-hybridized carbons (Fsp3) is 0.579. The Morgan fingerprint density at radius 2 is 1.86 bits per heavy atom. The highest BCUT2D eigenvalue weighted by Crippen LogP contribution is 2.34. The molecule has 2 amide bonds. The summed E-state index contributed by atoms with van der Waals surface area (Å²) in [7, 11) is 0. The molecule has 6 nitrogen and oxygen atoms in total. The van der Waals surface area contributed by atoms with Crippen molar-refractivity contribution in [3.63, 3.8) is 0 Å². The number of rotatable bonds is 7. The summed E-state index contributed by atoms with van der Waals surface area (Å²) < 4.78 is 40.7. The molecule has 3 rings (SSSR count). The third-order valence-electron chi connectivity index (χ3n) is 4.86. The molecule has 0 saturated carbocycles. The molecule has 160 valence electrons. The molecule has 0 spiro atoms. The molecule has 0 unspecified atom stereocenters. The Kier molecular flexibility index (Phi) is 7.42. The number of hydrogen-bond acceptors (Lipinski definition) is 5. The minimum absolute atomic E-state index is 0.0295. The Bertz CT molecular complexity index is 724. The van der Waals surface area contributed by atoms with E-state index in [1.165, 1.54) is 11.8 Å². The van der Waals surface area contributed by atoms with Crippen molar-refractivity contribution in [1.82, 2.24) is 9.80 Å². The number of halogens is 3. The number of para-hydroxylation sites is 1. The van der Waals surface area contributed by atoms with Gasteiger partial charge in [0.1, 0.15) is 13.2 Å². The summed E-state index contributed by atoms with van der Waals surface area (Å²) in [6.07, 6.45) is -3.78. The Balaban J connectivity index is 1.41. The zero-order chi connectivity index (χ0) is 20.9. The monoisotopic (exact) mass is 431 g/mol. The van der Waals surface area contributed by atoms with Gasteiger partial charge < -0.3 is 14.5 Å². The number of amides is 2. The molecular weight excluding hydrogens is 407 g/mol. The summed E-state index contributed by atoms with van der Waals surface area (Å²) in [6.45, 7) is 1.91. The Hall–Kier alpha value is -1.78. The van der Waals surface area contributed by atoms with E-state index >= 15 is 0 Å². The van der Waals surface area contributed by atoms with Crippen LogP contribution >= 0.6 is 11.8 Å². The van der Waals surface area contributed by atoms with E-state index in [-0.39, 0.29) is 25.0 Å². The van der Waals surface area contributed by atoms with E-state index in [0.29, 0.717) is 44.9 Å². The zero-order valence-electron chi connectivity index (χ0n) is 16.0. The number of thioether (sulfide) groups is 1. The van der Waals surface area contributed by atoms with Crippen LogP contribution in [0.3, 0.4) is 0 Å². The summed E-state index contributed by atoms with van der Waals surface area (Å²) in [5.41, 5.74) is 0.777. The van der Waals surface area contributed by atoms with Crippen LogP contribution in [0.5, 0.6) is 0 Å². The summed E-state index contributed by atoms with van der Waals surface area (Å²) in [6, 6.07) is 7.56. The number of piperazine rings is 1. The minimum atomic E-state index is -4.29. The highest BCUT2D eigenvalue weighted by Gasteiger charge is 2.29. The van der Waals surface area contributed by atoms with E-state index in [4.69, 9.17) is 0 Å². The standard InChI is InChI=1S/C19H24F3N3O3S/c20-19(21,22)14-28-11-3-6-23-7-9-24(10-8-23)17(26)12-25-15-4-1-2-5-16(15)29-13-18(25)27/h1-2,4-5H,3,6-14H2. The highest BCUT2D eigenvalue weighted by atomic mass is 32.2. The lowest BCUT2D eigenvalue weighted by Crippen LogP contribution is -2.52. The van der Waals surface area contributed by atoms with Crippen LogP contribution < -0.4 is 4.90 Å². The lowest BCUT2D eigenvalue weighted by atomic mass is 10.2. The fourth-order valence-corrected chi connectivity index (χ4v) is 4.30. The number of alkyl halides is 3. The first-order valence-corrected chi connectivity index (χ1v) is 10.5. The average Bonchev–Trinajstić information content (AvgIpc) is 2.69. The van der Waals surface area contributed by atoms with Gasteiger partial charge in [0, 0.05) is 44.2 Å². The van der Waals surface area contributed by atoms with Crippen molar-refractivity contribution in [1.29, 1.82) is 0 Å². The van der Waals surface area contributed by atoms with Crippen LogP contribution in [0.2, 0.25) is 0 Å². The molecule has 1 fully saturated rings. The summed E-state index contributed by atoms with van der Waals surface area (Å²) in [5.74, 6) is 0.168. The molecule has 29 heavy (non-hydrogen) atoms. The number of carbonyl (C=O) groups excluding carboxylic acids is 2. The van der Waals surface area contributed by atoms with E-state index < -0.39 is 12.8 Å². The first-order chi connectivity index (χ1) is 13.8. The molecule has 1 aromatic carbocycles. The van der Waals surface area contributed by atoms with Crippen LogP contribution in [0.1, 0.15) is 6.42 Å². The van der Waals surface area contributed by atoms with E-state index in [9.17, 15) is 22.8 Å². The van der Waals surface area contributed by atoms with E-state index in [2.05, 4.69) is 9.64 Å². The molecule has 0 atom stereocenters. The molecule has 2 heterocycles. The second-order valence-corrected chi connectivity index (χ2v) is 8.00. The van der Waals surface area contributed by atoms with Crippen LogP contribution in [0.15, 0.2) is 29.2 Å². The van der Waals surface area contributed by atoms with Gasteiger partial charge in [-0.05, 0) is 18.6 Å². The molecule has 1 aromatic rings. The molecule has 0 aromatic heterocycles. The fourth-order valence-electron chi connectivity index (χ4n) is 3.36. The predicted octanol–water partition coefficient (Wildman–Crippen LogP) is 2.24. The van der Waals surface area contributed by atoms with Crippen LogP contribution in [-0.2, 0) is 14.3 Å². The number of anilines is 1. The van der Waals surface area contributed by atoms with Crippen LogP contribution in [0, 0.1) is 0 Å². The second-order valence-electron chi connectivity index (χ2n) is 6.98. The first-order valence-electron chi connectivity index (χ1n) is 9.50. The second kappa shape index (κ2) is 9.82. The van der Waals surface area contributed by atoms with Crippen molar-refractivity contribution in [3.05, 3.63) is 24.3 Å². The molecule has 0 aliphatic carbocycles. The molecule has 2 aliphatic rings. The quantitative estimate of drug-likeness (QED) is 0.620. The minimum Gasteiger partial charge on any atom is -0.372 e. The topological polar surface area (TPSA) is 53.1 Å². The number of ether oxygens (including phenoxy) is 1. The van der Waals surface area contributed by atoms with Gasteiger partial charge in [-0.15, -0.1) is 11.8 Å². The van der Waals surface area contributed by atoms with Gasteiger partial charge in [-0.3, -0.25) is 14.5 Å². The van der Waals surface area contributed by atoms with Gasteiger partial charge in [0.25, 0.3) is 0 Å². The van der Waals surface area contributed by atoms with E-state index in [1.807, 2.05) is 24.3 Å². The van der Waals surface area contributed by atoms with Crippen LogP contribution in [0.4, 0.5) is 18.9 Å². The van der Waals surface area contributed by atoms with Gasteiger partial charge in [0.05, 0.1) is 11.4 Å². The maximum absolute atomic E-state index is 12.7. The van der Waals surface area contributed by atoms with E-state index in [1.54, 1.807) is 9.80 Å². The molecule has 10 heteroatoms. The van der Waals surface area contributed by atoms with Crippen molar-refractivity contribution in [2.75, 3.05) is 63.1 Å². The molecule has 2 aliphatic heterocycles. The maximum atomic E-state index is 12.7. The van der Waals surface area contributed by atoms with Crippen LogP contribution in [0.25, 0.3) is 0 Å². The number of fused-ring (bicyclic) bond motifs is 1. The number of hydrogen-bond donors (Lipinski definition) is 0. The van der Waals surface area contributed by atoms with Gasteiger partial charge in [-0.2, -0.15) is 13.2 Å². The largest absolute Gasteiger partial charge is 0.411 e. The normalized spacial score (nSPS) is 18.1. The number of carbonyl (C=O) groups is 2. The highest BCUT2D eigenvalue weighted by molar-refractivity contribution is 8.00. The molecule has 0 N–H and O–H groups in total. The summed E-state index contributed by atoms with van der Waals surface area (Å²) in [4.78, 5) is 31.4. The van der Waals surface area contributed by atoms with Crippen LogP contribution in [-0.4, -0.2) is 86.0 Å². The number of nitrogens with zero attached hydrogens (tertiary/aromatic N) is 3. The van der Waals surface area contributed by atoms with Crippen molar-refractivity contribution in [2.45, 2.75) is 17.5 Å². The maximum Gasteiger partial charge on any atom is 0.411 e. The summed E-state index contributed by atoms with van der Waals surface area (Å²) >= 11 is 1.48. The molecular formula is C19H24F3N3O3S. The van der Waals surface area contributed by atoms with Gasteiger partial charge in [-0.25, -0.2) is 0 Å². The lowest BCUT2D eigenvalue weighted by Gasteiger charge is -2.36. The molecule has 1 saturated heterocycles. The van der Waals surface area contributed by atoms with Gasteiger partial charge in [-0.1, -0.05) is 12.1 Å². The van der Waals surface area contributed by atoms with Gasteiger partial charge in [0.2, 0.25) is 11.8 Å². The third kappa shape index (κ3) is 6.35. The number of benzene rings is 1. The molecule has 0 radical (unpaired) electrons. The predicted molar refractivity (Wildman–Crippen MR) is 104 cm³/mol. The Labute approximate surface area is 171 Å². The lowest BCUT2D eigenvalue weighted by molar-refractivity contribution is -0.174. The summed E-state index contributed by atoms with van der Waals surface area (Å²) in [5, 5.41) is 0. The zero-order valence-corrected chi connectivity index (χ0v) is 16.8. The van der Waals surface area contributed by atoms with Crippen molar-refractivity contribution in [2.24, 2.45) is 0 Å². The van der Waals surface area contributed by atoms with E-state index in [0.717, 1.165) is 10.6 Å². The Morgan fingerprint density at radius 3 is 2.59 bits per heavy atom. The first kappa shape index (κ1) is 21.9. The average molecular weight is 431 g/mol. The molecule has 0 bridgehead atoms. The smallest absolute Gasteiger partial charge is 0.372 e.